The summed E-state index contributed by atoms with van der Waals surface area (Å²) in [5.74, 6) is -1.05. The molecule has 1 nitrogen and oxygen atoms in total. The summed E-state index contributed by atoms with van der Waals surface area (Å²) in [5.41, 5.74) is 0.758. The molecular weight excluding hydrogens is 138 g/mol. The van der Waals surface area contributed by atoms with E-state index in [-0.39, 0.29) is 5.75 Å². The molecule has 0 atom stereocenters. The zero-order valence-corrected chi connectivity index (χ0v) is 5.40. The van der Waals surface area contributed by atoms with E-state index in [0.717, 1.165) is 11.6 Å². The van der Waals surface area contributed by atoms with Crippen LogP contribution in [0.1, 0.15) is 5.56 Å². The Kier molecular flexibility index (Phi) is 1.85. The molecule has 1 aromatic carbocycles. The molecule has 0 saturated heterocycles. The minimum absolute atomic E-state index is 0.361. The van der Waals surface area contributed by atoms with Gasteiger partial charge in [0.2, 0.25) is 5.75 Å². The fraction of sp³-hybridized carbons (Fsp3) is 0.143. The minimum Gasteiger partial charge on any atom is -0.291 e. The zero-order chi connectivity index (χ0) is 7.56. The minimum atomic E-state index is -0.687. The van der Waals surface area contributed by atoms with Crippen molar-refractivity contribution in [2.75, 3.05) is 0 Å². The third-order valence-electron chi connectivity index (χ3n) is 1.17. The van der Waals surface area contributed by atoms with E-state index >= 15 is 0 Å². The first-order chi connectivity index (χ1) is 4.74. The van der Waals surface area contributed by atoms with E-state index in [1.54, 1.807) is 6.92 Å². The monoisotopic (exact) mass is 144 g/mol. The molecule has 0 bridgehead atoms. The molecule has 1 aromatic rings. The molecular formula is C7H6F2O. The molecule has 54 valence electrons. The van der Waals surface area contributed by atoms with Gasteiger partial charge in [0.1, 0.15) is 0 Å². The van der Waals surface area contributed by atoms with Gasteiger partial charge in [-0.15, -0.1) is 0 Å². The van der Waals surface area contributed by atoms with Gasteiger partial charge in [0.25, 0.3) is 0 Å². The Labute approximate surface area is 57.1 Å². The van der Waals surface area contributed by atoms with Gasteiger partial charge in [0, 0.05) is 4.53 Å². The van der Waals surface area contributed by atoms with Crippen LogP contribution in [0.5, 0.6) is 5.75 Å². The molecule has 0 aliphatic rings. The van der Waals surface area contributed by atoms with Crippen molar-refractivity contribution in [3.05, 3.63) is 29.6 Å². The van der Waals surface area contributed by atoms with Gasteiger partial charge < -0.3 is 0 Å². The number of hydrogen-bond acceptors (Lipinski definition) is 1. The van der Waals surface area contributed by atoms with Crippen LogP contribution >= 0.6 is 0 Å². The van der Waals surface area contributed by atoms with E-state index in [4.69, 9.17) is 0 Å². The van der Waals surface area contributed by atoms with Gasteiger partial charge in [-0.1, -0.05) is 6.07 Å². The maximum absolute atomic E-state index is 12.4. The van der Waals surface area contributed by atoms with Crippen molar-refractivity contribution in [1.82, 2.24) is 0 Å². The van der Waals surface area contributed by atoms with Crippen LogP contribution in [0.15, 0.2) is 18.2 Å². The molecule has 0 aromatic heterocycles. The Morgan fingerprint density at radius 3 is 2.60 bits per heavy atom. The Morgan fingerprint density at radius 1 is 1.40 bits per heavy atom. The Hall–Kier alpha value is -1.12. The first-order valence-electron chi connectivity index (χ1n) is 2.79. The zero-order valence-electron chi connectivity index (χ0n) is 5.40. The van der Waals surface area contributed by atoms with Crippen LogP contribution < -0.4 is 4.94 Å². The summed E-state index contributed by atoms with van der Waals surface area (Å²) in [6, 6.07) is 3.98. The van der Waals surface area contributed by atoms with E-state index in [1.807, 2.05) is 0 Å². The SMILES string of the molecule is Cc1ccc(F)c(OF)c1. The van der Waals surface area contributed by atoms with Crippen LogP contribution in [0.2, 0.25) is 0 Å². The molecule has 0 N–H and O–H groups in total. The van der Waals surface area contributed by atoms with Gasteiger partial charge in [-0.2, -0.15) is 0 Å². The maximum atomic E-state index is 12.4. The molecule has 0 amide bonds. The van der Waals surface area contributed by atoms with Crippen molar-refractivity contribution in [1.29, 1.82) is 0 Å². The highest BCUT2D eigenvalue weighted by molar-refractivity contribution is 5.28. The van der Waals surface area contributed by atoms with E-state index in [0.29, 0.717) is 0 Å². The quantitative estimate of drug-likeness (QED) is 0.588. The van der Waals surface area contributed by atoms with Crippen LogP contribution in [-0.4, -0.2) is 0 Å². The van der Waals surface area contributed by atoms with Crippen LogP contribution in [0, 0.1) is 12.7 Å². The average Bonchev–Trinajstić information content (AvgIpc) is 1.94. The fourth-order valence-electron chi connectivity index (χ4n) is 0.670. The molecule has 0 aliphatic carbocycles. The summed E-state index contributed by atoms with van der Waals surface area (Å²) in [6.45, 7) is 1.72. The van der Waals surface area contributed by atoms with E-state index in [1.165, 1.54) is 12.1 Å². The van der Waals surface area contributed by atoms with Gasteiger partial charge in [-0.25, -0.2) is 4.39 Å². The first kappa shape index (κ1) is 6.99. The lowest BCUT2D eigenvalue weighted by Crippen LogP contribution is -1.83. The molecule has 0 aliphatic heterocycles. The van der Waals surface area contributed by atoms with E-state index < -0.39 is 5.82 Å². The van der Waals surface area contributed by atoms with Crippen molar-refractivity contribution in [2.45, 2.75) is 6.92 Å². The van der Waals surface area contributed by atoms with Crippen molar-refractivity contribution in [2.24, 2.45) is 0 Å². The molecule has 0 saturated carbocycles. The van der Waals surface area contributed by atoms with Gasteiger partial charge >= 0.3 is 0 Å². The van der Waals surface area contributed by atoms with Crippen molar-refractivity contribution >= 4 is 0 Å². The van der Waals surface area contributed by atoms with Crippen LogP contribution in [0.25, 0.3) is 0 Å². The first-order valence-corrected chi connectivity index (χ1v) is 2.79. The smallest absolute Gasteiger partial charge is 0.207 e. The topological polar surface area (TPSA) is 9.23 Å². The molecule has 0 spiro atoms. The van der Waals surface area contributed by atoms with Crippen LogP contribution in [-0.2, 0) is 0 Å². The molecule has 0 fully saturated rings. The van der Waals surface area contributed by atoms with Crippen molar-refractivity contribution in [3.63, 3.8) is 0 Å². The Balaban J connectivity index is 3.09. The Bertz CT molecular complexity index is 235. The number of halogens is 2. The summed E-state index contributed by atoms with van der Waals surface area (Å²) >= 11 is 0. The highest BCUT2D eigenvalue weighted by Crippen LogP contribution is 2.17. The predicted octanol–water partition coefficient (Wildman–Crippen LogP) is 2.40. The summed E-state index contributed by atoms with van der Waals surface area (Å²) in [7, 11) is 0. The molecule has 0 radical (unpaired) electrons. The van der Waals surface area contributed by atoms with Crippen molar-refractivity contribution in [3.8, 4) is 5.75 Å². The maximum Gasteiger partial charge on any atom is 0.207 e. The standard InChI is InChI=1S/C7H6F2O/c1-5-2-3-6(8)7(4-5)10-9/h2-4H,1H3. The second kappa shape index (κ2) is 2.64. The number of hydrogen-bond donors (Lipinski definition) is 0. The highest BCUT2D eigenvalue weighted by Gasteiger charge is 2.02. The van der Waals surface area contributed by atoms with Crippen molar-refractivity contribution < 1.29 is 13.9 Å². The normalized spacial score (nSPS) is 9.50. The second-order valence-electron chi connectivity index (χ2n) is 2.01. The predicted molar refractivity (Wildman–Crippen MR) is 32.9 cm³/mol. The summed E-state index contributed by atoms with van der Waals surface area (Å²) in [4.78, 5) is 3.25. The lowest BCUT2D eigenvalue weighted by atomic mass is 10.2. The lowest BCUT2D eigenvalue weighted by Gasteiger charge is -1.96. The summed E-state index contributed by atoms with van der Waals surface area (Å²) in [5, 5.41) is 0. The van der Waals surface area contributed by atoms with E-state index in [9.17, 15) is 8.92 Å². The molecule has 0 unspecified atom stereocenters. The molecule has 0 heterocycles. The largest absolute Gasteiger partial charge is 0.291 e. The third-order valence-corrected chi connectivity index (χ3v) is 1.17. The van der Waals surface area contributed by atoms with Gasteiger partial charge in [0.05, 0.1) is 0 Å². The average molecular weight is 144 g/mol. The van der Waals surface area contributed by atoms with Crippen LogP contribution in [0.4, 0.5) is 8.92 Å². The highest BCUT2D eigenvalue weighted by atomic mass is 19.3. The number of aryl methyl sites for hydroxylation is 1. The number of rotatable bonds is 1. The second-order valence-corrected chi connectivity index (χ2v) is 2.01. The van der Waals surface area contributed by atoms with Gasteiger partial charge in [0.15, 0.2) is 5.82 Å². The van der Waals surface area contributed by atoms with Crippen LogP contribution in [0.3, 0.4) is 0 Å². The summed E-state index contributed by atoms with van der Waals surface area (Å²) < 4.78 is 23.8. The summed E-state index contributed by atoms with van der Waals surface area (Å²) in [6.07, 6.45) is 0. The fourth-order valence-corrected chi connectivity index (χ4v) is 0.670. The molecule has 1 rings (SSSR count). The van der Waals surface area contributed by atoms with Gasteiger partial charge in [-0.05, 0) is 24.6 Å². The molecule has 10 heavy (non-hydrogen) atoms. The van der Waals surface area contributed by atoms with Gasteiger partial charge in [-0.3, -0.25) is 4.94 Å². The third kappa shape index (κ3) is 1.23. The number of benzene rings is 1. The lowest BCUT2D eigenvalue weighted by molar-refractivity contribution is -0.0107. The Morgan fingerprint density at radius 2 is 2.10 bits per heavy atom. The van der Waals surface area contributed by atoms with E-state index in [2.05, 4.69) is 4.94 Å². The molecule has 3 heteroatoms.